The maximum Gasteiger partial charge on any atom is 0.240 e. The van der Waals surface area contributed by atoms with Crippen LogP contribution in [0, 0.1) is 17.3 Å². The summed E-state index contributed by atoms with van der Waals surface area (Å²) in [5, 5.41) is 8.68. The fraction of sp³-hybridized carbons (Fsp3) is 0.364. The molecule has 1 aromatic rings. The summed E-state index contributed by atoms with van der Waals surface area (Å²) < 4.78 is 39.4. The van der Waals surface area contributed by atoms with Gasteiger partial charge >= 0.3 is 0 Å². The average molecular weight is 269 g/mol. The van der Waals surface area contributed by atoms with Gasteiger partial charge in [-0.3, -0.25) is 0 Å². The van der Waals surface area contributed by atoms with Crippen LogP contribution >= 0.6 is 0 Å². The second kappa shape index (κ2) is 4.92. The van der Waals surface area contributed by atoms with Gasteiger partial charge in [-0.15, -0.1) is 0 Å². The van der Waals surface area contributed by atoms with Crippen LogP contribution in [0.4, 0.5) is 4.39 Å². The number of halogens is 1. The van der Waals surface area contributed by atoms with Crippen molar-refractivity contribution in [2.45, 2.75) is 17.4 Å². The van der Waals surface area contributed by atoms with E-state index in [2.05, 4.69) is 4.72 Å². The lowest BCUT2D eigenvalue weighted by Gasteiger charge is -2.12. The fourth-order valence-electron chi connectivity index (χ4n) is 1.87. The highest BCUT2D eigenvalue weighted by Crippen LogP contribution is 2.14. The first-order valence-electron chi connectivity index (χ1n) is 5.44. The van der Waals surface area contributed by atoms with Gasteiger partial charge < -0.3 is 4.90 Å². The number of likely N-dealkylation sites (tertiary alicyclic amines) is 1. The van der Waals surface area contributed by atoms with E-state index in [-0.39, 0.29) is 10.9 Å². The van der Waals surface area contributed by atoms with E-state index in [0.29, 0.717) is 19.5 Å². The minimum absolute atomic E-state index is 0.0992. The molecule has 18 heavy (non-hydrogen) atoms. The SMILES string of the molecule is N#CN1CCC(NS(=O)(=O)c2cccc(F)c2)C1. The van der Waals surface area contributed by atoms with E-state index in [1.54, 1.807) is 0 Å². The molecule has 0 radical (unpaired) electrons. The number of benzene rings is 1. The number of hydrogen-bond acceptors (Lipinski definition) is 4. The Morgan fingerprint density at radius 3 is 2.89 bits per heavy atom. The molecule has 2 rings (SSSR count). The molecule has 0 aromatic heterocycles. The van der Waals surface area contributed by atoms with E-state index in [9.17, 15) is 12.8 Å². The summed E-state index contributed by atoms with van der Waals surface area (Å²) in [6.07, 6.45) is 2.54. The van der Waals surface area contributed by atoms with Gasteiger partial charge in [-0.1, -0.05) is 6.07 Å². The summed E-state index contributed by atoms with van der Waals surface area (Å²) in [6.45, 7) is 0.887. The number of hydrogen-bond donors (Lipinski definition) is 1. The summed E-state index contributed by atoms with van der Waals surface area (Å²) in [4.78, 5) is 1.39. The third-order valence-electron chi connectivity index (χ3n) is 2.76. The minimum Gasteiger partial charge on any atom is -0.309 e. The summed E-state index contributed by atoms with van der Waals surface area (Å²) in [5.41, 5.74) is 0. The van der Waals surface area contributed by atoms with Crippen LogP contribution < -0.4 is 4.72 Å². The van der Waals surface area contributed by atoms with Crippen LogP contribution in [0.15, 0.2) is 29.2 Å². The fourth-order valence-corrected chi connectivity index (χ4v) is 3.16. The topological polar surface area (TPSA) is 73.2 Å². The van der Waals surface area contributed by atoms with Crippen LogP contribution in [0.25, 0.3) is 0 Å². The van der Waals surface area contributed by atoms with E-state index in [1.165, 1.54) is 23.1 Å². The minimum atomic E-state index is -3.72. The lowest BCUT2D eigenvalue weighted by molar-refractivity contribution is 0.470. The van der Waals surface area contributed by atoms with Crippen LogP contribution in [0.2, 0.25) is 0 Å². The molecule has 0 saturated carbocycles. The second-order valence-electron chi connectivity index (χ2n) is 4.11. The first kappa shape index (κ1) is 12.8. The van der Waals surface area contributed by atoms with E-state index < -0.39 is 15.8 Å². The van der Waals surface area contributed by atoms with Crippen LogP contribution in [0.3, 0.4) is 0 Å². The predicted octanol–water partition coefficient (Wildman–Crippen LogP) is 0.659. The molecule has 1 aliphatic rings. The number of nitriles is 1. The maximum atomic E-state index is 13.0. The van der Waals surface area contributed by atoms with E-state index in [4.69, 9.17) is 5.26 Å². The second-order valence-corrected chi connectivity index (χ2v) is 5.82. The van der Waals surface area contributed by atoms with Crippen LogP contribution in [-0.2, 0) is 10.0 Å². The molecule has 0 bridgehead atoms. The normalized spacial score (nSPS) is 19.8. The van der Waals surface area contributed by atoms with E-state index in [1.807, 2.05) is 6.19 Å². The molecule has 1 N–H and O–H groups in total. The Kier molecular flexibility index (Phi) is 3.50. The van der Waals surface area contributed by atoms with Gasteiger partial charge in [-0.05, 0) is 24.6 Å². The van der Waals surface area contributed by atoms with Crippen LogP contribution in [-0.4, -0.2) is 32.4 Å². The lowest BCUT2D eigenvalue weighted by atomic mass is 10.3. The van der Waals surface area contributed by atoms with Gasteiger partial charge in [0.05, 0.1) is 4.90 Å². The third kappa shape index (κ3) is 2.78. The van der Waals surface area contributed by atoms with Gasteiger partial charge in [-0.25, -0.2) is 17.5 Å². The lowest BCUT2D eigenvalue weighted by Crippen LogP contribution is -2.36. The molecule has 1 aliphatic heterocycles. The number of nitrogens with one attached hydrogen (secondary N) is 1. The molecule has 96 valence electrons. The largest absolute Gasteiger partial charge is 0.309 e. The van der Waals surface area contributed by atoms with Crippen molar-refractivity contribution >= 4 is 10.0 Å². The van der Waals surface area contributed by atoms with Crippen molar-refractivity contribution in [2.24, 2.45) is 0 Å². The van der Waals surface area contributed by atoms with Gasteiger partial charge in [0.1, 0.15) is 5.82 Å². The van der Waals surface area contributed by atoms with Crippen molar-refractivity contribution in [3.8, 4) is 6.19 Å². The van der Waals surface area contributed by atoms with Crippen molar-refractivity contribution in [3.05, 3.63) is 30.1 Å². The molecule has 5 nitrogen and oxygen atoms in total. The quantitative estimate of drug-likeness (QED) is 0.818. The van der Waals surface area contributed by atoms with Crippen LogP contribution in [0.5, 0.6) is 0 Å². The predicted molar refractivity (Wildman–Crippen MR) is 62.3 cm³/mol. The third-order valence-corrected chi connectivity index (χ3v) is 4.28. The highest BCUT2D eigenvalue weighted by Gasteiger charge is 2.26. The summed E-state index contributed by atoms with van der Waals surface area (Å²) in [5.74, 6) is -0.594. The molecule has 1 fully saturated rings. The van der Waals surface area contributed by atoms with Gasteiger partial charge in [-0.2, -0.15) is 5.26 Å². The molecule has 1 saturated heterocycles. The smallest absolute Gasteiger partial charge is 0.240 e. The Hall–Kier alpha value is -1.65. The Morgan fingerprint density at radius 1 is 1.50 bits per heavy atom. The van der Waals surface area contributed by atoms with Gasteiger partial charge in [0, 0.05) is 19.1 Å². The molecule has 1 unspecified atom stereocenters. The first-order chi connectivity index (χ1) is 8.51. The zero-order valence-electron chi connectivity index (χ0n) is 9.51. The monoisotopic (exact) mass is 269 g/mol. The summed E-state index contributed by atoms with van der Waals surface area (Å²) >= 11 is 0. The average Bonchev–Trinajstić information content (AvgIpc) is 2.76. The highest BCUT2D eigenvalue weighted by molar-refractivity contribution is 7.89. The Labute approximate surface area is 105 Å². The number of sulfonamides is 1. The van der Waals surface area contributed by atoms with Crippen molar-refractivity contribution in [3.63, 3.8) is 0 Å². The molecule has 1 atom stereocenters. The van der Waals surface area contributed by atoms with Crippen molar-refractivity contribution in [2.75, 3.05) is 13.1 Å². The molecular weight excluding hydrogens is 257 g/mol. The zero-order chi connectivity index (χ0) is 13.2. The van der Waals surface area contributed by atoms with Gasteiger partial charge in [0.15, 0.2) is 6.19 Å². The van der Waals surface area contributed by atoms with E-state index >= 15 is 0 Å². The number of nitrogens with zero attached hydrogens (tertiary/aromatic N) is 2. The van der Waals surface area contributed by atoms with Gasteiger partial charge in [0.25, 0.3) is 0 Å². The van der Waals surface area contributed by atoms with Crippen molar-refractivity contribution < 1.29 is 12.8 Å². The van der Waals surface area contributed by atoms with Crippen LogP contribution in [0.1, 0.15) is 6.42 Å². The maximum absolute atomic E-state index is 13.0. The van der Waals surface area contributed by atoms with Crippen molar-refractivity contribution in [1.29, 1.82) is 5.26 Å². The molecule has 1 heterocycles. The first-order valence-corrected chi connectivity index (χ1v) is 6.92. The molecule has 1 aromatic carbocycles. The molecule has 7 heteroatoms. The summed E-state index contributed by atoms with van der Waals surface area (Å²) in [6, 6.07) is 4.53. The summed E-state index contributed by atoms with van der Waals surface area (Å²) in [7, 11) is -3.72. The Morgan fingerprint density at radius 2 is 2.28 bits per heavy atom. The highest BCUT2D eigenvalue weighted by atomic mass is 32.2. The molecule has 0 aliphatic carbocycles. The van der Waals surface area contributed by atoms with Gasteiger partial charge in [0.2, 0.25) is 10.0 Å². The Balaban J connectivity index is 2.12. The molecule has 0 amide bonds. The standard InChI is InChI=1S/C11H12FN3O2S/c12-9-2-1-3-11(6-9)18(16,17)14-10-4-5-15(7-10)8-13/h1-3,6,10,14H,4-5,7H2. The van der Waals surface area contributed by atoms with E-state index in [0.717, 1.165) is 6.07 Å². The van der Waals surface area contributed by atoms with Crippen molar-refractivity contribution in [1.82, 2.24) is 9.62 Å². The number of rotatable bonds is 3. The molecule has 0 spiro atoms. The zero-order valence-corrected chi connectivity index (χ0v) is 10.3. The Bertz CT molecular complexity index is 582. The molecular formula is C11H12FN3O2S.